The van der Waals surface area contributed by atoms with E-state index in [1.54, 1.807) is 0 Å². The van der Waals surface area contributed by atoms with Crippen LogP contribution in [0.2, 0.25) is 0 Å². The van der Waals surface area contributed by atoms with Crippen LogP contribution in [0, 0.1) is 0 Å². The van der Waals surface area contributed by atoms with E-state index in [0.29, 0.717) is 17.4 Å². The van der Waals surface area contributed by atoms with Crippen molar-refractivity contribution >= 4 is 19.7 Å². The zero-order chi connectivity index (χ0) is 55.0. The standard InChI is InChI=1S/C65H117N2O7P/c1-7-10-13-16-19-22-25-28-29-30-31-32-33-34-35-36-37-40-43-46-49-52-55-58-65(69)74-63(56-53-50-47-44-41-38-26-23-20-17-14-11-8-2)62(61-73-75(70,71)72-60-59-67(4,5)6)66-64(68)57-54-51-48-45-42-39-27-24-21-18-15-12-9-3/h19,22,28-29,31-32,34-35,39,42,48,51,53,56,62-63H,7-18,20-21,23-27,30,33,36-38,40-41,43-47,49-50,52,54-55,57-61H2,1-6H3,(H-,66,68,70,71)/p+1/b22-19-,29-28-,32-31-,35-34-,42-39-,51-48+,56-53-. The number of nitrogens with zero attached hydrogens (tertiary/aromatic N) is 1. The van der Waals surface area contributed by atoms with Crippen molar-refractivity contribution in [2.45, 2.75) is 277 Å². The van der Waals surface area contributed by atoms with Crippen LogP contribution in [0.25, 0.3) is 0 Å². The molecule has 0 fully saturated rings. The van der Waals surface area contributed by atoms with Crippen molar-refractivity contribution in [1.29, 1.82) is 0 Å². The molecule has 75 heavy (non-hydrogen) atoms. The molecule has 0 spiro atoms. The van der Waals surface area contributed by atoms with Crippen LogP contribution in [0.4, 0.5) is 0 Å². The third-order valence-electron chi connectivity index (χ3n) is 13.3. The number of phosphoric ester groups is 1. The van der Waals surface area contributed by atoms with Crippen molar-refractivity contribution in [3.63, 3.8) is 0 Å². The highest BCUT2D eigenvalue weighted by atomic mass is 31.2. The number of amides is 1. The topological polar surface area (TPSA) is 111 Å². The number of nitrogens with one attached hydrogen (secondary N) is 1. The summed E-state index contributed by atoms with van der Waals surface area (Å²) in [6, 6.07) is -0.887. The molecule has 0 rings (SSSR count). The molecule has 0 heterocycles. The molecule has 9 nitrogen and oxygen atoms in total. The minimum Gasteiger partial charge on any atom is -0.456 e. The van der Waals surface area contributed by atoms with Crippen LogP contribution >= 0.6 is 7.82 Å². The van der Waals surface area contributed by atoms with Crippen LogP contribution in [-0.4, -0.2) is 74.3 Å². The molecule has 0 aromatic heterocycles. The molecule has 0 aliphatic rings. The molecule has 3 unspecified atom stereocenters. The molecule has 0 bridgehead atoms. The zero-order valence-corrected chi connectivity index (χ0v) is 50.4. The maximum atomic E-state index is 13.5. The first-order valence-corrected chi connectivity index (χ1v) is 32.4. The lowest BCUT2D eigenvalue weighted by atomic mass is 10.0. The second kappa shape index (κ2) is 54.5. The molecular formula is C65H118N2O7P+. The van der Waals surface area contributed by atoms with E-state index in [-0.39, 0.29) is 37.9 Å². The van der Waals surface area contributed by atoms with E-state index in [0.717, 1.165) is 83.5 Å². The number of esters is 1. The lowest BCUT2D eigenvalue weighted by Gasteiger charge is -2.27. The quantitative estimate of drug-likeness (QED) is 0.0205. The van der Waals surface area contributed by atoms with Gasteiger partial charge in [0.25, 0.3) is 0 Å². The fraction of sp³-hybridized carbons (Fsp3) is 0.754. The van der Waals surface area contributed by atoms with Gasteiger partial charge in [-0.1, -0.05) is 241 Å². The van der Waals surface area contributed by atoms with Gasteiger partial charge in [-0.25, -0.2) is 4.57 Å². The van der Waals surface area contributed by atoms with Gasteiger partial charge in [-0.15, -0.1) is 0 Å². The normalized spacial score (nSPS) is 14.3. The molecule has 0 aromatic rings. The van der Waals surface area contributed by atoms with Gasteiger partial charge in [0.15, 0.2) is 0 Å². The van der Waals surface area contributed by atoms with Crippen LogP contribution < -0.4 is 5.32 Å². The molecule has 0 radical (unpaired) electrons. The Balaban J connectivity index is 5.31. The van der Waals surface area contributed by atoms with Gasteiger partial charge in [0, 0.05) is 12.8 Å². The molecule has 10 heteroatoms. The number of rotatable bonds is 55. The molecule has 2 N–H and O–H groups in total. The van der Waals surface area contributed by atoms with E-state index in [1.165, 1.54) is 141 Å². The van der Waals surface area contributed by atoms with Gasteiger partial charge in [-0.2, -0.15) is 0 Å². The summed E-state index contributed by atoms with van der Waals surface area (Å²) < 4.78 is 30.6. The fourth-order valence-electron chi connectivity index (χ4n) is 8.50. The number of carbonyl (C=O) groups is 2. The van der Waals surface area contributed by atoms with Gasteiger partial charge in [0.1, 0.15) is 19.3 Å². The monoisotopic (exact) mass is 1070 g/mol. The third kappa shape index (κ3) is 55.7. The summed E-state index contributed by atoms with van der Waals surface area (Å²) in [4.78, 5) is 37.6. The van der Waals surface area contributed by atoms with Crippen LogP contribution in [0.1, 0.15) is 265 Å². The molecule has 0 aromatic carbocycles. The average Bonchev–Trinajstić information content (AvgIpc) is 3.37. The second-order valence-electron chi connectivity index (χ2n) is 21.9. The Labute approximate surface area is 463 Å². The maximum Gasteiger partial charge on any atom is 0.472 e. The minimum atomic E-state index is -4.47. The van der Waals surface area contributed by atoms with Gasteiger partial charge in [-0.05, 0) is 96.0 Å². The van der Waals surface area contributed by atoms with Crippen molar-refractivity contribution in [3.05, 3.63) is 85.1 Å². The Bertz CT molecular complexity index is 1560. The largest absolute Gasteiger partial charge is 0.472 e. The highest BCUT2D eigenvalue weighted by Gasteiger charge is 2.30. The molecular weight excluding hydrogens is 952 g/mol. The highest BCUT2D eigenvalue weighted by Crippen LogP contribution is 2.43. The average molecular weight is 1070 g/mol. The summed E-state index contributed by atoms with van der Waals surface area (Å²) in [5.74, 6) is -0.596. The zero-order valence-electron chi connectivity index (χ0n) is 49.5. The van der Waals surface area contributed by atoms with E-state index in [2.05, 4.69) is 92.9 Å². The van der Waals surface area contributed by atoms with Gasteiger partial charge >= 0.3 is 13.8 Å². The Hall–Kier alpha value is -2.81. The number of carbonyl (C=O) groups excluding carboxylic acids is 2. The number of quaternary nitrogens is 1. The molecule has 1 amide bonds. The number of phosphoric acid groups is 1. The number of likely N-dealkylation sites (N-methyl/N-ethyl adjacent to an activating group) is 1. The van der Waals surface area contributed by atoms with E-state index < -0.39 is 20.0 Å². The molecule has 0 saturated carbocycles. The van der Waals surface area contributed by atoms with E-state index in [4.69, 9.17) is 13.8 Å². The Morgan fingerprint density at radius 1 is 0.467 bits per heavy atom. The van der Waals surface area contributed by atoms with Crippen LogP contribution in [0.5, 0.6) is 0 Å². The van der Waals surface area contributed by atoms with Crippen molar-refractivity contribution in [1.82, 2.24) is 5.32 Å². The Morgan fingerprint density at radius 3 is 1.27 bits per heavy atom. The summed E-state index contributed by atoms with van der Waals surface area (Å²) in [5.41, 5.74) is 0. The van der Waals surface area contributed by atoms with Gasteiger partial charge in [0.2, 0.25) is 5.91 Å². The summed E-state index contributed by atoms with van der Waals surface area (Å²) in [6.07, 6.45) is 71.7. The first-order valence-electron chi connectivity index (χ1n) is 30.9. The Kier molecular flexibility index (Phi) is 52.5. The smallest absolute Gasteiger partial charge is 0.456 e. The first-order chi connectivity index (χ1) is 36.4. The first kappa shape index (κ1) is 72.2. The molecule has 3 atom stereocenters. The fourth-order valence-corrected chi connectivity index (χ4v) is 9.24. The number of unbranched alkanes of at least 4 members (excludes halogenated alkanes) is 27. The summed E-state index contributed by atoms with van der Waals surface area (Å²) >= 11 is 0. The van der Waals surface area contributed by atoms with Gasteiger partial charge in [0.05, 0.1) is 33.8 Å². The third-order valence-corrected chi connectivity index (χ3v) is 14.3. The predicted octanol–water partition coefficient (Wildman–Crippen LogP) is 19.0. The summed E-state index contributed by atoms with van der Waals surface area (Å²) in [5, 5.41) is 3.01. The number of allylic oxidation sites excluding steroid dienone is 13. The van der Waals surface area contributed by atoms with Crippen LogP contribution in [0.15, 0.2) is 85.1 Å². The number of hydrogen-bond acceptors (Lipinski definition) is 6. The van der Waals surface area contributed by atoms with Crippen molar-refractivity contribution < 1.29 is 37.3 Å². The second-order valence-corrected chi connectivity index (χ2v) is 23.3. The Morgan fingerprint density at radius 2 is 0.827 bits per heavy atom. The highest BCUT2D eigenvalue weighted by molar-refractivity contribution is 7.47. The SMILES string of the molecule is CCCCC/C=C\C/C=C\C/C=C\C/C=C\CCCCCCCCCC(=O)OC(/C=C\CCCCCCCCCCCCC)C(COP(=O)(O)OCC[N+](C)(C)C)NC(=O)CC/C=C/C/C=C\CCCCCCCC. The lowest BCUT2D eigenvalue weighted by molar-refractivity contribution is -0.870. The predicted molar refractivity (Wildman–Crippen MR) is 323 cm³/mol. The minimum absolute atomic E-state index is 0.0261. The van der Waals surface area contributed by atoms with E-state index in [9.17, 15) is 19.0 Å². The molecule has 0 aliphatic heterocycles. The van der Waals surface area contributed by atoms with Crippen LogP contribution in [0.3, 0.4) is 0 Å². The summed E-state index contributed by atoms with van der Waals surface area (Å²) in [7, 11) is 1.45. The van der Waals surface area contributed by atoms with E-state index >= 15 is 0 Å². The molecule has 434 valence electrons. The van der Waals surface area contributed by atoms with Crippen molar-refractivity contribution in [2.75, 3.05) is 40.9 Å². The van der Waals surface area contributed by atoms with Crippen LogP contribution in [-0.2, 0) is 27.9 Å². The lowest BCUT2D eigenvalue weighted by Crippen LogP contribution is -2.47. The van der Waals surface area contributed by atoms with Crippen molar-refractivity contribution in [3.8, 4) is 0 Å². The number of ether oxygens (including phenoxy) is 1. The summed E-state index contributed by atoms with van der Waals surface area (Å²) in [6.45, 7) is 6.92. The van der Waals surface area contributed by atoms with E-state index in [1.807, 2.05) is 39.4 Å². The van der Waals surface area contributed by atoms with Gasteiger partial charge < -0.3 is 19.4 Å². The van der Waals surface area contributed by atoms with Gasteiger partial charge in [-0.3, -0.25) is 18.6 Å². The molecule has 0 saturated heterocycles. The van der Waals surface area contributed by atoms with Crippen molar-refractivity contribution in [2.24, 2.45) is 0 Å². The molecule has 0 aliphatic carbocycles. The maximum absolute atomic E-state index is 13.5. The number of hydrogen-bond donors (Lipinski definition) is 2.